The second-order valence-corrected chi connectivity index (χ2v) is 5.81. The first-order valence-electron chi connectivity index (χ1n) is 6.73. The lowest BCUT2D eigenvalue weighted by Crippen LogP contribution is -2.16. The van der Waals surface area contributed by atoms with Crippen molar-refractivity contribution in [2.45, 2.75) is 13.3 Å². The van der Waals surface area contributed by atoms with E-state index in [4.69, 9.17) is 0 Å². The van der Waals surface area contributed by atoms with Crippen molar-refractivity contribution in [2.75, 3.05) is 0 Å². The molecule has 2 heterocycles. The van der Waals surface area contributed by atoms with E-state index in [2.05, 4.69) is 11.9 Å². The molecule has 0 spiro atoms. The Balaban J connectivity index is 2.04. The van der Waals surface area contributed by atoms with E-state index in [1.54, 1.807) is 16.8 Å². The van der Waals surface area contributed by atoms with E-state index in [0.717, 1.165) is 21.7 Å². The van der Waals surface area contributed by atoms with Crippen LogP contribution in [0.3, 0.4) is 0 Å². The molecule has 0 amide bonds. The van der Waals surface area contributed by atoms with Gasteiger partial charge in [0, 0.05) is 17.1 Å². The summed E-state index contributed by atoms with van der Waals surface area (Å²) in [6.07, 6.45) is 2.48. The zero-order valence-electron chi connectivity index (χ0n) is 11.7. The van der Waals surface area contributed by atoms with Gasteiger partial charge in [0.25, 0.3) is 5.56 Å². The Bertz CT molecular complexity index is 818. The molecular formula is C17H15N2OS. The van der Waals surface area contributed by atoms with Crippen molar-refractivity contribution >= 4 is 11.3 Å². The van der Waals surface area contributed by atoms with Gasteiger partial charge in [0.1, 0.15) is 0 Å². The van der Waals surface area contributed by atoms with Gasteiger partial charge in [-0.1, -0.05) is 30.3 Å². The Labute approximate surface area is 127 Å². The first-order chi connectivity index (χ1) is 10.2. The molecular weight excluding hydrogens is 280 g/mol. The maximum atomic E-state index is 12.3. The molecule has 0 saturated carbocycles. The smallest absolute Gasteiger partial charge is 0.257 e. The van der Waals surface area contributed by atoms with E-state index in [0.29, 0.717) is 11.6 Å². The van der Waals surface area contributed by atoms with Crippen LogP contribution >= 0.6 is 11.3 Å². The van der Waals surface area contributed by atoms with Crippen molar-refractivity contribution in [3.63, 3.8) is 0 Å². The molecule has 0 aliphatic rings. The Hall–Kier alpha value is -2.20. The maximum absolute atomic E-state index is 12.3. The first kappa shape index (κ1) is 13.8. The molecule has 0 N–H and O–H groups in total. The van der Waals surface area contributed by atoms with Crippen molar-refractivity contribution in [2.24, 2.45) is 0 Å². The number of nitrogens with zero attached hydrogens (tertiary/aromatic N) is 2. The van der Waals surface area contributed by atoms with Crippen LogP contribution in [0.25, 0.3) is 16.3 Å². The molecule has 0 saturated heterocycles. The molecule has 3 aromatic rings. The number of rotatable bonds is 3. The quantitative estimate of drug-likeness (QED) is 0.739. The molecule has 21 heavy (non-hydrogen) atoms. The van der Waals surface area contributed by atoms with Gasteiger partial charge >= 0.3 is 0 Å². The van der Waals surface area contributed by atoms with Crippen LogP contribution in [0.5, 0.6) is 0 Å². The van der Waals surface area contributed by atoms with E-state index in [9.17, 15) is 4.79 Å². The van der Waals surface area contributed by atoms with Gasteiger partial charge in [-0.05, 0) is 37.5 Å². The number of aryl methyl sites for hydroxylation is 1. The SMILES string of the molecule is [CH2]Cc1sc(-n2ccc(-c3ccccc3)cc2=O)nc1C. The highest BCUT2D eigenvalue weighted by molar-refractivity contribution is 7.14. The second-order valence-electron chi connectivity index (χ2n) is 4.74. The fraction of sp³-hybridized carbons (Fsp3) is 0.118. The Morgan fingerprint density at radius 1 is 1.19 bits per heavy atom. The van der Waals surface area contributed by atoms with Gasteiger partial charge in [0.15, 0.2) is 5.13 Å². The van der Waals surface area contributed by atoms with E-state index in [1.165, 1.54) is 11.3 Å². The van der Waals surface area contributed by atoms with Gasteiger partial charge in [-0.2, -0.15) is 0 Å². The highest BCUT2D eigenvalue weighted by Crippen LogP contribution is 2.22. The summed E-state index contributed by atoms with van der Waals surface area (Å²) in [6, 6.07) is 13.5. The fourth-order valence-electron chi connectivity index (χ4n) is 2.19. The van der Waals surface area contributed by atoms with Crippen molar-refractivity contribution in [3.8, 4) is 16.3 Å². The number of thiazole rings is 1. The molecule has 0 fully saturated rings. The van der Waals surface area contributed by atoms with Crippen LogP contribution in [0.2, 0.25) is 0 Å². The van der Waals surface area contributed by atoms with Crippen molar-refractivity contribution in [1.82, 2.24) is 9.55 Å². The highest BCUT2D eigenvalue weighted by atomic mass is 32.1. The van der Waals surface area contributed by atoms with Crippen LogP contribution in [0.1, 0.15) is 10.6 Å². The third kappa shape index (κ3) is 2.67. The number of hydrogen-bond acceptors (Lipinski definition) is 3. The lowest BCUT2D eigenvalue weighted by Gasteiger charge is -2.04. The third-order valence-corrected chi connectivity index (χ3v) is 4.56. The number of hydrogen-bond donors (Lipinski definition) is 0. The minimum Gasteiger partial charge on any atom is -0.269 e. The summed E-state index contributed by atoms with van der Waals surface area (Å²) in [6.45, 7) is 5.83. The predicted molar refractivity (Wildman–Crippen MR) is 86.9 cm³/mol. The molecule has 0 atom stereocenters. The highest BCUT2D eigenvalue weighted by Gasteiger charge is 2.09. The molecule has 1 aromatic carbocycles. The van der Waals surface area contributed by atoms with Crippen molar-refractivity contribution < 1.29 is 0 Å². The zero-order valence-corrected chi connectivity index (χ0v) is 12.6. The lowest BCUT2D eigenvalue weighted by molar-refractivity contribution is 0.962. The van der Waals surface area contributed by atoms with Crippen molar-refractivity contribution in [1.29, 1.82) is 0 Å². The summed E-state index contributed by atoms with van der Waals surface area (Å²) < 4.78 is 1.59. The van der Waals surface area contributed by atoms with Crippen LogP contribution in [0.4, 0.5) is 0 Å². The molecule has 0 unspecified atom stereocenters. The van der Waals surface area contributed by atoms with Gasteiger partial charge in [-0.15, -0.1) is 11.3 Å². The Kier molecular flexibility index (Phi) is 3.71. The summed E-state index contributed by atoms with van der Waals surface area (Å²) >= 11 is 1.52. The average molecular weight is 295 g/mol. The standard InChI is InChI=1S/C17H15N2OS/c1-3-15-12(2)18-17(21-15)19-10-9-14(11-16(19)20)13-7-5-4-6-8-13/h4-11H,1,3H2,2H3. The molecule has 105 valence electrons. The van der Waals surface area contributed by atoms with E-state index >= 15 is 0 Å². The van der Waals surface area contributed by atoms with Gasteiger partial charge in [0.2, 0.25) is 0 Å². The maximum Gasteiger partial charge on any atom is 0.257 e. The fourth-order valence-corrected chi connectivity index (χ4v) is 3.14. The van der Waals surface area contributed by atoms with Crippen LogP contribution in [-0.2, 0) is 6.42 Å². The Morgan fingerprint density at radius 3 is 2.57 bits per heavy atom. The summed E-state index contributed by atoms with van der Waals surface area (Å²) in [5.41, 5.74) is 2.84. The monoisotopic (exact) mass is 295 g/mol. The molecule has 4 heteroatoms. The second kappa shape index (κ2) is 5.66. The molecule has 3 rings (SSSR count). The summed E-state index contributed by atoms with van der Waals surface area (Å²) in [4.78, 5) is 17.9. The largest absolute Gasteiger partial charge is 0.269 e. The molecule has 0 aliphatic heterocycles. The number of aromatic nitrogens is 2. The van der Waals surface area contributed by atoms with Crippen LogP contribution in [0, 0.1) is 13.8 Å². The van der Waals surface area contributed by atoms with Gasteiger partial charge in [0.05, 0.1) is 5.69 Å². The number of benzene rings is 1. The minimum atomic E-state index is -0.0688. The van der Waals surface area contributed by atoms with Crippen LogP contribution in [0.15, 0.2) is 53.5 Å². The molecule has 2 aromatic heterocycles. The minimum absolute atomic E-state index is 0.0688. The topological polar surface area (TPSA) is 34.9 Å². The molecule has 0 bridgehead atoms. The number of pyridine rings is 1. The lowest BCUT2D eigenvalue weighted by atomic mass is 10.1. The summed E-state index contributed by atoms with van der Waals surface area (Å²) in [7, 11) is 0. The van der Waals surface area contributed by atoms with Crippen LogP contribution < -0.4 is 5.56 Å². The normalized spacial score (nSPS) is 10.8. The molecule has 1 radical (unpaired) electrons. The molecule has 0 aliphatic carbocycles. The van der Waals surface area contributed by atoms with Crippen molar-refractivity contribution in [3.05, 3.63) is 76.5 Å². The predicted octanol–water partition coefficient (Wildman–Crippen LogP) is 3.65. The first-order valence-corrected chi connectivity index (χ1v) is 7.55. The molecule has 3 nitrogen and oxygen atoms in total. The zero-order chi connectivity index (χ0) is 14.8. The average Bonchev–Trinajstić information content (AvgIpc) is 2.89. The van der Waals surface area contributed by atoms with Crippen LogP contribution in [-0.4, -0.2) is 9.55 Å². The Morgan fingerprint density at radius 2 is 1.95 bits per heavy atom. The summed E-state index contributed by atoms with van der Waals surface area (Å²) in [5.74, 6) is 0. The van der Waals surface area contributed by atoms with Gasteiger partial charge in [-0.25, -0.2) is 4.98 Å². The van der Waals surface area contributed by atoms with E-state index in [1.807, 2.05) is 43.3 Å². The third-order valence-electron chi connectivity index (χ3n) is 3.34. The van der Waals surface area contributed by atoms with Gasteiger partial charge in [-0.3, -0.25) is 9.36 Å². The van der Waals surface area contributed by atoms with E-state index in [-0.39, 0.29) is 5.56 Å². The van der Waals surface area contributed by atoms with Gasteiger partial charge < -0.3 is 0 Å². The van der Waals surface area contributed by atoms with E-state index < -0.39 is 0 Å². The summed E-state index contributed by atoms with van der Waals surface area (Å²) in [5, 5.41) is 0.704.